The molecule has 1 amide bonds. The molecule has 29 heavy (non-hydrogen) atoms. The predicted molar refractivity (Wildman–Crippen MR) is 111 cm³/mol. The lowest BCUT2D eigenvalue weighted by Gasteiger charge is -2.17. The van der Waals surface area contributed by atoms with E-state index >= 15 is 0 Å². The molecule has 0 spiro atoms. The normalized spacial score (nSPS) is 12.2. The van der Waals surface area contributed by atoms with Crippen molar-refractivity contribution in [3.8, 4) is 17.2 Å². The van der Waals surface area contributed by atoms with E-state index in [9.17, 15) is 13.2 Å². The first kappa shape index (κ1) is 22.8. The van der Waals surface area contributed by atoms with Crippen molar-refractivity contribution in [1.82, 2.24) is 4.72 Å². The lowest BCUT2D eigenvalue weighted by molar-refractivity contribution is -0.117. The number of hydrogen-bond donors (Lipinski definition) is 2. The summed E-state index contributed by atoms with van der Waals surface area (Å²) in [5, 5.41) is 2.79. The van der Waals surface area contributed by atoms with Gasteiger partial charge in [-0.15, -0.1) is 0 Å². The number of sulfonamides is 1. The Hall–Kier alpha value is -2.49. The minimum absolute atomic E-state index is 0.0791. The Balaban J connectivity index is 2.15. The number of halogens is 1. The highest BCUT2D eigenvalue weighted by molar-refractivity contribution is 7.89. The Morgan fingerprint density at radius 3 is 2.38 bits per heavy atom. The summed E-state index contributed by atoms with van der Waals surface area (Å²) in [4.78, 5) is 12.4. The van der Waals surface area contributed by atoms with Crippen molar-refractivity contribution in [1.29, 1.82) is 0 Å². The minimum atomic E-state index is -3.99. The summed E-state index contributed by atoms with van der Waals surface area (Å²) in [6.45, 7) is 3.62. The predicted octanol–water partition coefficient (Wildman–Crippen LogP) is 3.06. The van der Waals surface area contributed by atoms with Crippen molar-refractivity contribution in [2.45, 2.75) is 24.8 Å². The molecule has 2 N–H and O–H groups in total. The molecule has 0 bridgehead atoms. The molecule has 0 saturated carbocycles. The standard InChI is InChI=1S/C19H23ClN2O6S/c1-5-28-17-9-7-14(11-15(17)20)29(24,25)22-12(2)19(23)21-16-10-13(26-3)6-8-18(16)27-4/h6-12,22H,5H2,1-4H3,(H,21,23)/t12-/m1/s1. The molecule has 0 aromatic heterocycles. The average molecular weight is 443 g/mol. The first-order valence-corrected chi connectivity index (χ1v) is 10.6. The number of benzene rings is 2. The van der Waals surface area contributed by atoms with Crippen molar-refractivity contribution in [3.05, 3.63) is 41.4 Å². The van der Waals surface area contributed by atoms with E-state index in [-0.39, 0.29) is 9.92 Å². The summed E-state index contributed by atoms with van der Waals surface area (Å²) in [5.74, 6) is 0.729. The van der Waals surface area contributed by atoms with Crippen LogP contribution < -0.4 is 24.2 Å². The highest BCUT2D eigenvalue weighted by Gasteiger charge is 2.24. The molecule has 0 aliphatic heterocycles. The fourth-order valence-corrected chi connectivity index (χ4v) is 3.96. The van der Waals surface area contributed by atoms with Crippen LogP contribution in [0.1, 0.15) is 13.8 Å². The Kier molecular flexibility index (Phi) is 7.72. The smallest absolute Gasteiger partial charge is 0.242 e. The lowest BCUT2D eigenvalue weighted by atomic mass is 10.2. The van der Waals surface area contributed by atoms with Crippen LogP contribution in [-0.2, 0) is 14.8 Å². The van der Waals surface area contributed by atoms with Crippen molar-refractivity contribution >= 4 is 33.2 Å². The molecule has 2 aromatic carbocycles. The SMILES string of the molecule is CCOc1ccc(S(=O)(=O)N[C@H](C)C(=O)Nc2cc(OC)ccc2OC)cc1Cl. The summed E-state index contributed by atoms with van der Waals surface area (Å²) < 4.78 is 43.2. The second-order valence-electron chi connectivity index (χ2n) is 5.92. The number of anilines is 1. The van der Waals surface area contributed by atoms with E-state index in [2.05, 4.69) is 10.0 Å². The first-order chi connectivity index (χ1) is 13.7. The van der Waals surface area contributed by atoms with Crippen LogP contribution in [0.2, 0.25) is 5.02 Å². The van der Waals surface area contributed by atoms with Gasteiger partial charge in [-0.3, -0.25) is 4.79 Å². The third kappa shape index (κ3) is 5.75. The highest BCUT2D eigenvalue weighted by atomic mass is 35.5. The van der Waals surface area contributed by atoms with Crippen LogP contribution in [0.3, 0.4) is 0 Å². The van der Waals surface area contributed by atoms with Gasteiger partial charge >= 0.3 is 0 Å². The Labute approximate surface area is 175 Å². The molecular weight excluding hydrogens is 420 g/mol. The number of hydrogen-bond acceptors (Lipinski definition) is 6. The van der Waals surface area contributed by atoms with Crippen molar-refractivity contribution in [3.63, 3.8) is 0 Å². The second kappa shape index (κ2) is 9.82. The van der Waals surface area contributed by atoms with Gasteiger partial charge in [0.15, 0.2) is 0 Å². The molecule has 0 fully saturated rings. The number of rotatable bonds is 9. The number of carbonyl (C=O) groups excluding carboxylic acids is 1. The molecule has 8 nitrogen and oxygen atoms in total. The minimum Gasteiger partial charge on any atom is -0.497 e. The number of carbonyl (C=O) groups is 1. The molecule has 0 radical (unpaired) electrons. The van der Waals surface area contributed by atoms with Gasteiger partial charge in [0.05, 0.1) is 42.5 Å². The van der Waals surface area contributed by atoms with Gasteiger partial charge < -0.3 is 19.5 Å². The molecule has 0 unspecified atom stereocenters. The number of ether oxygens (including phenoxy) is 3. The summed E-state index contributed by atoms with van der Waals surface area (Å²) in [5.41, 5.74) is 0.354. The zero-order valence-corrected chi connectivity index (χ0v) is 18.1. The number of methoxy groups -OCH3 is 2. The van der Waals surface area contributed by atoms with Crippen LogP contribution in [0.25, 0.3) is 0 Å². The zero-order valence-electron chi connectivity index (χ0n) is 16.5. The van der Waals surface area contributed by atoms with E-state index in [0.717, 1.165) is 0 Å². The third-order valence-corrected chi connectivity index (χ3v) is 5.74. The van der Waals surface area contributed by atoms with Crippen LogP contribution >= 0.6 is 11.6 Å². The maximum Gasteiger partial charge on any atom is 0.242 e. The maximum absolute atomic E-state index is 12.6. The molecule has 1 atom stereocenters. The summed E-state index contributed by atoms with van der Waals surface area (Å²) >= 11 is 6.06. The molecule has 158 valence electrons. The van der Waals surface area contributed by atoms with E-state index in [1.54, 1.807) is 25.1 Å². The second-order valence-corrected chi connectivity index (χ2v) is 8.04. The summed E-state index contributed by atoms with van der Waals surface area (Å²) in [7, 11) is -1.04. The third-order valence-electron chi connectivity index (χ3n) is 3.90. The fourth-order valence-electron chi connectivity index (χ4n) is 2.43. The van der Waals surface area contributed by atoms with E-state index in [1.807, 2.05) is 0 Å². The van der Waals surface area contributed by atoms with Gasteiger partial charge in [0.25, 0.3) is 0 Å². The van der Waals surface area contributed by atoms with Crippen LogP contribution in [0.5, 0.6) is 17.2 Å². The van der Waals surface area contributed by atoms with E-state index < -0.39 is 22.0 Å². The lowest BCUT2D eigenvalue weighted by Crippen LogP contribution is -2.41. The van der Waals surface area contributed by atoms with E-state index in [4.69, 9.17) is 25.8 Å². The average Bonchev–Trinajstić information content (AvgIpc) is 2.69. The summed E-state index contributed by atoms with van der Waals surface area (Å²) in [6.07, 6.45) is 0. The number of nitrogens with one attached hydrogen (secondary N) is 2. The molecule has 0 saturated heterocycles. The Morgan fingerprint density at radius 1 is 1.10 bits per heavy atom. The molecule has 10 heteroatoms. The highest BCUT2D eigenvalue weighted by Crippen LogP contribution is 2.29. The Bertz CT molecular complexity index is 981. The van der Waals surface area contributed by atoms with Crippen LogP contribution in [0.4, 0.5) is 5.69 Å². The molecule has 2 rings (SSSR count). The van der Waals surface area contributed by atoms with Gasteiger partial charge in [0, 0.05) is 6.07 Å². The van der Waals surface area contributed by atoms with E-state index in [1.165, 1.54) is 39.3 Å². The summed E-state index contributed by atoms with van der Waals surface area (Å²) in [6, 6.07) is 7.90. The van der Waals surface area contributed by atoms with Crippen LogP contribution in [-0.4, -0.2) is 41.2 Å². The van der Waals surface area contributed by atoms with Gasteiger partial charge in [-0.05, 0) is 44.2 Å². The topological polar surface area (TPSA) is 103 Å². The van der Waals surface area contributed by atoms with Gasteiger partial charge in [0.1, 0.15) is 17.2 Å². The van der Waals surface area contributed by atoms with Crippen LogP contribution in [0, 0.1) is 0 Å². The largest absolute Gasteiger partial charge is 0.497 e. The van der Waals surface area contributed by atoms with Crippen molar-refractivity contribution in [2.24, 2.45) is 0 Å². The van der Waals surface area contributed by atoms with Gasteiger partial charge in [-0.2, -0.15) is 4.72 Å². The van der Waals surface area contributed by atoms with Crippen molar-refractivity contribution < 1.29 is 27.4 Å². The molecule has 0 aliphatic rings. The van der Waals surface area contributed by atoms with Gasteiger partial charge in [0.2, 0.25) is 15.9 Å². The van der Waals surface area contributed by atoms with Crippen LogP contribution in [0.15, 0.2) is 41.3 Å². The quantitative estimate of drug-likeness (QED) is 0.618. The molecule has 2 aromatic rings. The van der Waals surface area contributed by atoms with Crippen molar-refractivity contribution in [2.75, 3.05) is 26.1 Å². The number of amides is 1. The van der Waals surface area contributed by atoms with E-state index in [0.29, 0.717) is 29.5 Å². The monoisotopic (exact) mass is 442 g/mol. The maximum atomic E-state index is 12.6. The zero-order chi connectivity index (χ0) is 21.6. The first-order valence-electron chi connectivity index (χ1n) is 8.69. The molecular formula is C19H23ClN2O6S. The van der Waals surface area contributed by atoms with Gasteiger partial charge in [-0.25, -0.2) is 8.42 Å². The Morgan fingerprint density at radius 2 is 1.79 bits per heavy atom. The molecule has 0 aliphatic carbocycles. The molecule has 0 heterocycles. The van der Waals surface area contributed by atoms with Gasteiger partial charge in [-0.1, -0.05) is 11.6 Å². The fraction of sp³-hybridized carbons (Fsp3) is 0.316.